The molecule has 2 N–H and O–H groups in total. The average molecular weight is 307 g/mol. The number of rotatable bonds is 3. The SMILES string of the molecule is O=C(Cn1cnccc1=O)NNC(=O)c1ccc(Cl)cc1. The number of benzene rings is 1. The zero-order valence-electron chi connectivity index (χ0n) is 10.7. The molecule has 108 valence electrons. The number of hydrogen-bond donors (Lipinski definition) is 2. The maximum Gasteiger partial charge on any atom is 0.269 e. The molecule has 0 aliphatic heterocycles. The van der Waals surface area contributed by atoms with Crippen LogP contribution in [0.1, 0.15) is 10.4 Å². The molecule has 1 aromatic carbocycles. The Balaban J connectivity index is 1.89. The van der Waals surface area contributed by atoms with Gasteiger partial charge in [-0.3, -0.25) is 29.8 Å². The van der Waals surface area contributed by atoms with Crippen LogP contribution in [0.25, 0.3) is 0 Å². The number of amides is 2. The minimum Gasteiger partial charge on any atom is -0.290 e. The van der Waals surface area contributed by atoms with Gasteiger partial charge in [-0.15, -0.1) is 0 Å². The molecule has 0 bridgehead atoms. The third kappa shape index (κ3) is 4.15. The summed E-state index contributed by atoms with van der Waals surface area (Å²) >= 11 is 5.71. The maximum absolute atomic E-state index is 11.7. The van der Waals surface area contributed by atoms with Crippen LogP contribution in [0.15, 0.2) is 47.7 Å². The topological polar surface area (TPSA) is 93.1 Å². The fraction of sp³-hybridized carbons (Fsp3) is 0.0769. The highest BCUT2D eigenvalue weighted by molar-refractivity contribution is 6.30. The average Bonchev–Trinajstić information content (AvgIpc) is 2.48. The van der Waals surface area contributed by atoms with Crippen molar-refractivity contribution >= 4 is 23.4 Å². The lowest BCUT2D eigenvalue weighted by Gasteiger charge is -2.08. The summed E-state index contributed by atoms with van der Waals surface area (Å²) in [7, 11) is 0. The number of carbonyl (C=O) groups excluding carboxylic acids is 2. The van der Waals surface area contributed by atoms with E-state index in [1.54, 1.807) is 12.1 Å². The molecule has 1 aromatic heterocycles. The van der Waals surface area contributed by atoms with Crippen molar-refractivity contribution in [2.75, 3.05) is 0 Å². The van der Waals surface area contributed by atoms with Crippen molar-refractivity contribution in [1.82, 2.24) is 20.4 Å². The van der Waals surface area contributed by atoms with E-state index in [4.69, 9.17) is 11.6 Å². The number of nitrogens with zero attached hydrogens (tertiary/aromatic N) is 2. The highest BCUT2D eigenvalue weighted by Gasteiger charge is 2.08. The van der Waals surface area contributed by atoms with Crippen LogP contribution in [0.5, 0.6) is 0 Å². The summed E-state index contributed by atoms with van der Waals surface area (Å²) in [6.45, 7) is -0.242. The molecule has 2 amide bonds. The van der Waals surface area contributed by atoms with Crippen molar-refractivity contribution in [3.8, 4) is 0 Å². The second-order valence-corrected chi connectivity index (χ2v) is 4.49. The van der Waals surface area contributed by atoms with Crippen molar-refractivity contribution < 1.29 is 9.59 Å². The Morgan fingerprint density at radius 3 is 2.52 bits per heavy atom. The molecule has 0 saturated carbocycles. The van der Waals surface area contributed by atoms with E-state index in [-0.39, 0.29) is 12.1 Å². The summed E-state index contributed by atoms with van der Waals surface area (Å²) in [5, 5.41) is 0.506. The van der Waals surface area contributed by atoms with Gasteiger partial charge in [-0.25, -0.2) is 4.98 Å². The Morgan fingerprint density at radius 1 is 1.14 bits per heavy atom. The first-order valence-corrected chi connectivity index (χ1v) is 6.29. The molecule has 8 heteroatoms. The summed E-state index contributed by atoms with van der Waals surface area (Å²) in [4.78, 5) is 38.5. The van der Waals surface area contributed by atoms with Gasteiger partial charge in [0, 0.05) is 22.8 Å². The zero-order valence-corrected chi connectivity index (χ0v) is 11.5. The highest BCUT2D eigenvalue weighted by atomic mass is 35.5. The van der Waals surface area contributed by atoms with Gasteiger partial charge in [0.15, 0.2) is 0 Å². The van der Waals surface area contributed by atoms with Gasteiger partial charge in [0.2, 0.25) is 0 Å². The summed E-state index contributed by atoms with van der Waals surface area (Å²) in [5.41, 5.74) is 4.44. The summed E-state index contributed by atoms with van der Waals surface area (Å²) in [6, 6.07) is 7.41. The van der Waals surface area contributed by atoms with Crippen molar-refractivity contribution in [2.45, 2.75) is 6.54 Å². The van der Waals surface area contributed by atoms with Crippen LogP contribution in [0.3, 0.4) is 0 Å². The standard InChI is InChI=1S/C13H11ClN4O3/c14-10-3-1-9(2-4-10)13(21)17-16-11(19)7-18-8-15-6-5-12(18)20/h1-6,8H,7H2,(H,16,19)(H,17,21). The quantitative estimate of drug-likeness (QED) is 0.801. The van der Waals surface area contributed by atoms with Gasteiger partial charge in [-0.05, 0) is 24.3 Å². The third-order valence-electron chi connectivity index (χ3n) is 2.53. The monoisotopic (exact) mass is 306 g/mol. The van der Waals surface area contributed by atoms with Crippen LogP contribution >= 0.6 is 11.6 Å². The van der Waals surface area contributed by atoms with Crippen LogP contribution in [-0.2, 0) is 11.3 Å². The van der Waals surface area contributed by atoms with E-state index in [9.17, 15) is 14.4 Å². The Morgan fingerprint density at radius 2 is 1.86 bits per heavy atom. The smallest absolute Gasteiger partial charge is 0.269 e. The first-order valence-electron chi connectivity index (χ1n) is 5.91. The Bertz CT molecular complexity index is 712. The molecular weight excluding hydrogens is 296 g/mol. The van der Waals surface area contributed by atoms with Crippen molar-refractivity contribution in [2.24, 2.45) is 0 Å². The normalized spacial score (nSPS) is 9.95. The Hall–Kier alpha value is -2.67. The fourth-order valence-electron chi connectivity index (χ4n) is 1.49. The second-order valence-electron chi connectivity index (χ2n) is 4.06. The molecule has 0 fully saturated rings. The summed E-state index contributed by atoms with van der Waals surface area (Å²) < 4.78 is 1.11. The summed E-state index contributed by atoms with van der Waals surface area (Å²) in [6.07, 6.45) is 2.57. The maximum atomic E-state index is 11.7. The molecule has 2 rings (SSSR count). The van der Waals surface area contributed by atoms with E-state index >= 15 is 0 Å². The van der Waals surface area contributed by atoms with Gasteiger partial charge in [0.05, 0.1) is 6.33 Å². The van der Waals surface area contributed by atoms with E-state index < -0.39 is 11.8 Å². The molecule has 0 atom stereocenters. The Labute approximate surface area is 124 Å². The van der Waals surface area contributed by atoms with E-state index in [0.717, 1.165) is 4.57 Å². The Kier molecular flexibility index (Phi) is 4.68. The fourth-order valence-corrected chi connectivity index (χ4v) is 1.62. The van der Waals surface area contributed by atoms with Crippen LogP contribution in [-0.4, -0.2) is 21.4 Å². The highest BCUT2D eigenvalue weighted by Crippen LogP contribution is 2.08. The number of hydrogen-bond acceptors (Lipinski definition) is 4. The third-order valence-corrected chi connectivity index (χ3v) is 2.78. The molecule has 21 heavy (non-hydrogen) atoms. The lowest BCUT2D eigenvalue weighted by Crippen LogP contribution is -2.44. The first-order chi connectivity index (χ1) is 10.1. The molecular formula is C13H11ClN4O3. The van der Waals surface area contributed by atoms with E-state index in [1.807, 2.05) is 0 Å². The molecule has 0 unspecified atom stereocenters. The minimum atomic E-state index is -0.549. The predicted octanol–water partition coefficient (Wildman–Crippen LogP) is 0.358. The van der Waals surface area contributed by atoms with Gasteiger partial charge in [-0.2, -0.15) is 0 Å². The van der Waals surface area contributed by atoms with E-state index in [1.165, 1.54) is 30.7 Å². The number of hydrazine groups is 1. The minimum absolute atomic E-state index is 0.242. The molecule has 1 heterocycles. The van der Waals surface area contributed by atoms with Crippen LogP contribution in [0.2, 0.25) is 5.02 Å². The van der Waals surface area contributed by atoms with Gasteiger partial charge >= 0.3 is 0 Å². The zero-order chi connectivity index (χ0) is 15.2. The molecule has 0 radical (unpaired) electrons. The van der Waals surface area contributed by atoms with E-state index in [2.05, 4.69) is 15.8 Å². The van der Waals surface area contributed by atoms with Crippen molar-refractivity contribution in [3.63, 3.8) is 0 Å². The lowest BCUT2D eigenvalue weighted by atomic mass is 10.2. The van der Waals surface area contributed by atoms with Crippen molar-refractivity contribution in [1.29, 1.82) is 0 Å². The number of halogens is 1. The second kappa shape index (κ2) is 6.67. The van der Waals surface area contributed by atoms with Crippen LogP contribution in [0.4, 0.5) is 0 Å². The number of aromatic nitrogens is 2. The van der Waals surface area contributed by atoms with Crippen molar-refractivity contribution in [3.05, 3.63) is 63.8 Å². The van der Waals surface area contributed by atoms with Gasteiger partial charge in [0.25, 0.3) is 17.4 Å². The first kappa shape index (κ1) is 14.7. The largest absolute Gasteiger partial charge is 0.290 e. The molecule has 7 nitrogen and oxygen atoms in total. The molecule has 0 spiro atoms. The number of carbonyl (C=O) groups is 2. The number of nitrogens with one attached hydrogen (secondary N) is 2. The molecule has 0 aliphatic carbocycles. The van der Waals surface area contributed by atoms with Gasteiger partial charge in [0.1, 0.15) is 6.54 Å². The van der Waals surface area contributed by atoms with Crippen LogP contribution in [0, 0.1) is 0 Å². The molecule has 0 aliphatic rings. The van der Waals surface area contributed by atoms with E-state index in [0.29, 0.717) is 10.6 Å². The predicted molar refractivity (Wildman–Crippen MR) is 75.6 cm³/mol. The molecule has 2 aromatic rings. The van der Waals surface area contributed by atoms with Gasteiger partial charge < -0.3 is 0 Å². The molecule has 0 saturated heterocycles. The van der Waals surface area contributed by atoms with Crippen LogP contribution < -0.4 is 16.4 Å². The lowest BCUT2D eigenvalue weighted by molar-refractivity contribution is -0.122. The summed E-state index contributed by atoms with van der Waals surface area (Å²) in [5.74, 6) is -1.04. The van der Waals surface area contributed by atoms with Gasteiger partial charge in [-0.1, -0.05) is 11.6 Å².